The Morgan fingerprint density at radius 1 is 1.25 bits per heavy atom. The summed E-state index contributed by atoms with van der Waals surface area (Å²) in [7, 11) is 0. The maximum absolute atomic E-state index is 12.8. The van der Waals surface area contributed by atoms with Gasteiger partial charge in [-0.1, -0.05) is 6.42 Å². The Morgan fingerprint density at radius 3 is 2.19 bits per heavy atom. The second-order valence-electron chi connectivity index (χ2n) is 4.65. The van der Waals surface area contributed by atoms with Crippen LogP contribution in [0.2, 0.25) is 0 Å². The number of halogens is 3. The van der Waals surface area contributed by atoms with E-state index in [0.717, 1.165) is 19.5 Å². The Balaban J connectivity index is 1.97. The number of hydrogen-bond acceptors (Lipinski definition) is 1. The summed E-state index contributed by atoms with van der Waals surface area (Å²) in [6, 6.07) is 0. The van der Waals surface area contributed by atoms with Gasteiger partial charge < -0.3 is 10.6 Å². The average Bonchev–Trinajstić information content (AvgIpc) is 1.95. The van der Waals surface area contributed by atoms with Crippen LogP contribution in [0.15, 0.2) is 4.99 Å². The molecule has 0 aromatic carbocycles. The summed E-state index contributed by atoms with van der Waals surface area (Å²) in [4.78, 5) is 5.72. The SMILES string of the molecule is NC(=NCC1(C(F)(F)F)CCC1)N1CCC1. The molecular formula is C10H16F3N3. The first-order chi connectivity index (χ1) is 7.45. The van der Waals surface area contributed by atoms with Gasteiger partial charge in [-0.05, 0) is 19.3 Å². The predicted octanol–water partition coefficient (Wildman–Crippen LogP) is 1.74. The van der Waals surface area contributed by atoms with Gasteiger partial charge in [-0.15, -0.1) is 0 Å². The topological polar surface area (TPSA) is 41.6 Å². The standard InChI is InChI=1S/C10H16F3N3/c11-10(12,13)9(3-1-4-9)7-15-8(14)16-5-2-6-16/h1-7H2,(H2,14,15). The van der Waals surface area contributed by atoms with Crippen molar-refractivity contribution in [3.05, 3.63) is 0 Å². The van der Waals surface area contributed by atoms with Crippen LogP contribution in [-0.2, 0) is 0 Å². The molecule has 0 atom stereocenters. The van der Waals surface area contributed by atoms with E-state index in [1.165, 1.54) is 0 Å². The second-order valence-corrected chi connectivity index (χ2v) is 4.65. The lowest BCUT2D eigenvalue weighted by molar-refractivity contribution is -0.246. The fraction of sp³-hybridized carbons (Fsp3) is 0.900. The summed E-state index contributed by atoms with van der Waals surface area (Å²) in [6.45, 7) is 1.42. The van der Waals surface area contributed by atoms with E-state index in [4.69, 9.17) is 5.73 Å². The molecule has 6 heteroatoms. The zero-order valence-electron chi connectivity index (χ0n) is 9.06. The molecule has 0 amide bonds. The van der Waals surface area contributed by atoms with Gasteiger partial charge in [-0.25, -0.2) is 0 Å². The zero-order valence-corrected chi connectivity index (χ0v) is 9.06. The normalized spacial score (nSPS) is 24.9. The first kappa shape index (κ1) is 11.5. The van der Waals surface area contributed by atoms with Crippen molar-refractivity contribution >= 4 is 5.96 Å². The van der Waals surface area contributed by atoms with Crippen molar-refractivity contribution in [2.75, 3.05) is 19.6 Å². The monoisotopic (exact) mass is 235 g/mol. The molecule has 2 rings (SSSR count). The van der Waals surface area contributed by atoms with Gasteiger partial charge in [0.1, 0.15) is 0 Å². The number of aliphatic imine (C=N–C) groups is 1. The molecule has 2 fully saturated rings. The molecule has 1 heterocycles. The molecule has 2 N–H and O–H groups in total. The summed E-state index contributed by atoms with van der Waals surface area (Å²) >= 11 is 0. The van der Waals surface area contributed by atoms with E-state index in [1.54, 1.807) is 0 Å². The maximum atomic E-state index is 12.8. The highest BCUT2D eigenvalue weighted by molar-refractivity contribution is 5.78. The van der Waals surface area contributed by atoms with Gasteiger partial charge in [0.05, 0.1) is 12.0 Å². The lowest BCUT2D eigenvalue weighted by atomic mass is 9.68. The molecule has 0 unspecified atom stereocenters. The van der Waals surface area contributed by atoms with Crippen molar-refractivity contribution < 1.29 is 13.2 Å². The molecule has 2 aliphatic rings. The summed E-state index contributed by atoms with van der Waals surface area (Å²) < 4.78 is 38.3. The molecule has 3 nitrogen and oxygen atoms in total. The Morgan fingerprint density at radius 2 is 1.88 bits per heavy atom. The van der Waals surface area contributed by atoms with E-state index in [9.17, 15) is 13.2 Å². The summed E-state index contributed by atoms with van der Waals surface area (Å²) in [5, 5.41) is 0. The van der Waals surface area contributed by atoms with E-state index in [1.807, 2.05) is 4.90 Å². The van der Waals surface area contributed by atoms with E-state index in [0.29, 0.717) is 6.42 Å². The van der Waals surface area contributed by atoms with Crippen LogP contribution in [0.25, 0.3) is 0 Å². The van der Waals surface area contributed by atoms with Gasteiger partial charge in [0.2, 0.25) is 0 Å². The maximum Gasteiger partial charge on any atom is 0.396 e. The molecule has 0 spiro atoms. The van der Waals surface area contributed by atoms with Gasteiger partial charge in [-0.3, -0.25) is 4.99 Å². The van der Waals surface area contributed by atoms with Crippen LogP contribution in [0.4, 0.5) is 13.2 Å². The van der Waals surface area contributed by atoms with Gasteiger partial charge in [0.25, 0.3) is 0 Å². The van der Waals surface area contributed by atoms with Crippen LogP contribution in [0.1, 0.15) is 25.7 Å². The van der Waals surface area contributed by atoms with E-state index >= 15 is 0 Å². The first-order valence-electron chi connectivity index (χ1n) is 5.56. The number of hydrogen-bond donors (Lipinski definition) is 1. The Labute approximate surface area is 92.5 Å². The van der Waals surface area contributed by atoms with E-state index in [-0.39, 0.29) is 25.3 Å². The third-order valence-corrected chi connectivity index (χ3v) is 3.64. The van der Waals surface area contributed by atoms with Crippen molar-refractivity contribution in [1.82, 2.24) is 4.90 Å². The largest absolute Gasteiger partial charge is 0.396 e. The summed E-state index contributed by atoms with van der Waals surface area (Å²) in [5.41, 5.74) is 4.02. The predicted molar refractivity (Wildman–Crippen MR) is 55.0 cm³/mol. The number of guanidine groups is 1. The molecular weight excluding hydrogens is 219 g/mol. The minimum Gasteiger partial charge on any atom is -0.370 e. The molecule has 1 saturated carbocycles. The molecule has 16 heavy (non-hydrogen) atoms. The third-order valence-electron chi connectivity index (χ3n) is 3.64. The van der Waals surface area contributed by atoms with Crippen LogP contribution >= 0.6 is 0 Å². The molecule has 0 aromatic heterocycles. The fourth-order valence-corrected chi connectivity index (χ4v) is 2.01. The molecule has 92 valence electrons. The zero-order chi connectivity index (χ0) is 11.8. The van der Waals surface area contributed by atoms with Crippen molar-refractivity contribution in [1.29, 1.82) is 0 Å². The van der Waals surface area contributed by atoms with Crippen LogP contribution in [-0.4, -0.2) is 36.7 Å². The van der Waals surface area contributed by atoms with Gasteiger partial charge >= 0.3 is 6.18 Å². The highest BCUT2D eigenvalue weighted by Gasteiger charge is 2.58. The smallest absolute Gasteiger partial charge is 0.370 e. The van der Waals surface area contributed by atoms with Crippen molar-refractivity contribution in [3.8, 4) is 0 Å². The molecule has 0 radical (unpaired) electrons. The van der Waals surface area contributed by atoms with Crippen molar-refractivity contribution in [2.45, 2.75) is 31.9 Å². The molecule has 1 saturated heterocycles. The molecule has 1 aliphatic heterocycles. The fourth-order valence-electron chi connectivity index (χ4n) is 2.01. The minimum absolute atomic E-state index is 0.188. The quantitative estimate of drug-likeness (QED) is 0.585. The van der Waals surface area contributed by atoms with E-state index < -0.39 is 11.6 Å². The second kappa shape index (κ2) is 3.82. The number of nitrogens with two attached hydrogens (primary N) is 1. The van der Waals surface area contributed by atoms with E-state index in [2.05, 4.69) is 4.99 Å². The third kappa shape index (κ3) is 1.85. The Hall–Kier alpha value is -0.940. The molecule has 0 aromatic rings. The van der Waals surface area contributed by atoms with Crippen molar-refractivity contribution in [2.24, 2.45) is 16.1 Å². The summed E-state index contributed by atoms with van der Waals surface area (Å²) in [5.74, 6) is 0.266. The van der Waals surface area contributed by atoms with Crippen LogP contribution in [0.3, 0.4) is 0 Å². The highest BCUT2D eigenvalue weighted by atomic mass is 19.4. The molecule has 1 aliphatic carbocycles. The van der Waals surface area contributed by atoms with Crippen LogP contribution < -0.4 is 5.73 Å². The highest BCUT2D eigenvalue weighted by Crippen LogP contribution is 2.53. The lowest BCUT2D eigenvalue weighted by Gasteiger charge is -2.42. The number of rotatable bonds is 2. The van der Waals surface area contributed by atoms with Crippen LogP contribution in [0, 0.1) is 5.41 Å². The number of alkyl halides is 3. The van der Waals surface area contributed by atoms with Gasteiger partial charge in [0, 0.05) is 13.1 Å². The number of likely N-dealkylation sites (tertiary alicyclic amines) is 1. The lowest BCUT2D eigenvalue weighted by Crippen LogP contribution is -2.49. The average molecular weight is 235 g/mol. The summed E-state index contributed by atoms with van der Waals surface area (Å²) in [6.07, 6.45) is -2.09. The number of nitrogens with zero attached hydrogens (tertiary/aromatic N) is 2. The minimum atomic E-state index is -4.15. The van der Waals surface area contributed by atoms with Gasteiger partial charge in [-0.2, -0.15) is 13.2 Å². The van der Waals surface area contributed by atoms with Crippen molar-refractivity contribution in [3.63, 3.8) is 0 Å². The van der Waals surface area contributed by atoms with Crippen LogP contribution in [0.5, 0.6) is 0 Å². The first-order valence-corrected chi connectivity index (χ1v) is 5.56. The van der Waals surface area contributed by atoms with Gasteiger partial charge in [0.15, 0.2) is 5.96 Å². The Bertz CT molecular complexity index is 290. The molecule has 0 bridgehead atoms. The Kier molecular flexibility index (Phi) is 2.75.